The molecule has 18 heavy (non-hydrogen) atoms. The highest BCUT2D eigenvalue weighted by molar-refractivity contribution is 7.92. The summed E-state index contributed by atoms with van der Waals surface area (Å²) >= 11 is 0. The molecular weight excluding hydrogens is 250 g/mol. The van der Waals surface area contributed by atoms with Crippen molar-refractivity contribution in [2.24, 2.45) is 0 Å². The molecule has 0 fully saturated rings. The molecule has 0 aliphatic carbocycles. The second kappa shape index (κ2) is 4.66. The molecule has 0 saturated heterocycles. The van der Waals surface area contributed by atoms with E-state index in [9.17, 15) is 8.42 Å². The molecule has 1 aromatic carbocycles. The van der Waals surface area contributed by atoms with Crippen LogP contribution in [0.5, 0.6) is 0 Å². The van der Waals surface area contributed by atoms with Crippen molar-refractivity contribution < 1.29 is 8.42 Å². The highest BCUT2D eigenvalue weighted by atomic mass is 32.2. The molecule has 2 N–H and O–H groups in total. The minimum Gasteiger partial charge on any atom is -0.399 e. The van der Waals surface area contributed by atoms with Gasteiger partial charge in [0.2, 0.25) is 0 Å². The highest BCUT2D eigenvalue weighted by Crippen LogP contribution is 2.21. The molecule has 1 aromatic heterocycles. The average Bonchev–Trinajstić information content (AvgIpc) is 2.39. The number of benzene rings is 1. The fourth-order valence-electron chi connectivity index (χ4n) is 1.51. The monoisotopic (exact) mass is 263 g/mol. The molecule has 0 atom stereocenters. The number of pyridine rings is 1. The van der Waals surface area contributed by atoms with E-state index in [1.807, 2.05) is 0 Å². The Bertz CT molecular complexity index is 641. The average molecular weight is 263 g/mol. The Morgan fingerprint density at radius 2 is 2.00 bits per heavy atom. The topological polar surface area (TPSA) is 76.3 Å². The molecule has 0 spiro atoms. The molecule has 0 aliphatic rings. The lowest BCUT2D eigenvalue weighted by Crippen LogP contribution is -2.26. The van der Waals surface area contributed by atoms with Crippen LogP contribution in [0.4, 0.5) is 11.4 Å². The van der Waals surface area contributed by atoms with Gasteiger partial charge in [0.05, 0.1) is 16.8 Å². The summed E-state index contributed by atoms with van der Waals surface area (Å²) in [6.07, 6.45) is 3.08. The maximum absolute atomic E-state index is 12.3. The first kappa shape index (κ1) is 12.4. The van der Waals surface area contributed by atoms with Gasteiger partial charge in [-0.05, 0) is 30.3 Å². The zero-order chi connectivity index (χ0) is 13.2. The summed E-state index contributed by atoms with van der Waals surface area (Å²) in [6, 6.07) is 9.56. The van der Waals surface area contributed by atoms with Crippen LogP contribution in [-0.4, -0.2) is 20.4 Å². The lowest BCUT2D eigenvalue weighted by atomic mass is 10.3. The van der Waals surface area contributed by atoms with Gasteiger partial charge >= 0.3 is 0 Å². The number of nitrogen functional groups attached to an aromatic ring is 1. The van der Waals surface area contributed by atoms with Gasteiger partial charge < -0.3 is 5.73 Å². The molecule has 94 valence electrons. The number of sulfonamides is 1. The zero-order valence-electron chi connectivity index (χ0n) is 9.82. The summed E-state index contributed by atoms with van der Waals surface area (Å²) in [4.78, 5) is 4.06. The summed E-state index contributed by atoms with van der Waals surface area (Å²) in [6.45, 7) is 0. The van der Waals surface area contributed by atoms with Gasteiger partial charge in [0.15, 0.2) is 0 Å². The van der Waals surface area contributed by atoms with Crippen molar-refractivity contribution >= 4 is 21.4 Å². The third kappa shape index (κ3) is 2.28. The minimum absolute atomic E-state index is 0.161. The van der Waals surface area contributed by atoms with Crippen molar-refractivity contribution in [3.63, 3.8) is 0 Å². The Hall–Kier alpha value is -2.08. The van der Waals surface area contributed by atoms with Crippen LogP contribution >= 0.6 is 0 Å². The van der Waals surface area contributed by atoms with Gasteiger partial charge in [0.1, 0.15) is 0 Å². The fourth-order valence-corrected chi connectivity index (χ4v) is 2.75. The summed E-state index contributed by atoms with van der Waals surface area (Å²) < 4.78 is 25.8. The molecule has 2 aromatic rings. The summed E-state index contributed by atoms with van der Waals surface area (Å²) in [5, 5.41) is 0. The second-order valence-electron chi connectivity index (χ2n) is 3.76. The molecule has 0 unspecified atom stereocenters. The number of hydrogen-bond donors (Lipinski definition) is 1. The SMILES string of the molecule is CN(c1cccnc1)S(=O)(=O)c1cccc(N)c1. The lowest BCUT2D eigenvalue weighted by Gasteiger charge is -2.19. The molecule has 5 nitrogen and oxygen atoms in total. The van der Waals surface area contributed by atoms with Crippen LogP contribution in [0.1, 0.15) is 0 Å². The number of nitrogens with zero attached hydrogens (tertiary/aromatic N) is 2. The highest BCUT2D eigenvalue weighted by Gasteiger charge is 2.21. The molecule has 0 radical (unpaired) electrons. The van der Waals surface area contributed by atoms with E-state index in [2.05, 4.69) is 4.98 Å². The quantitative estimate of drug-likeness (QED) is 0.851. The van der Waals surface area contributed by atoms with Gasteiger partial charge in [-0.25, -0.2) is 8.42 Å². The second-order valence-corrected chi connectivity index (χ2v) is 5.73. The van der Waals surface area contributed by atoms with Gasteiger partial charge in [-0.2, -0.15) is 0 Å². The zero-order valence-corrected chi connectivity index (χ0v) is 10.6. The van der Waals surface area contributed by atoms with Crippen LogP contribution < -0.4 is 10.0 Å². The standard InChI is InChI=1S/C12H13N3O2S/c1-15(11-5-3-7-14-9-11)18(16,17)12-6-2-4-10(13)8-12/h2-9H,13H2,1H3. The smallest absolute Gasteiger partial charge is 0.264 e. The van der Waals surface area contributed by atoms with Crippen LogP contribution in [0, 0.1) is 0 Å². The number of nitrogens with two attached hydrogens (primary N) is 1. The van der Waals surface area contributed by atoms with E-state index in [1.54, 1.807) is 30.5 Å². The molecule has 2 rings (SSSR count). The Morgan fingerprint density at radius 1 is 1.22 bits per heavy atom. The normalized spacial score (nSPS) is 11.2. The van der Waals surface area contributed by atoms with E-state index in [4.69, 9.17) is 5.73 Å². The summed E-state index contributed by atoms with van der Waals surface area (Å²) in [5.74, 6) is 0. The predicted molar refractivity (Wildman–Crippen MR) is 70.7 cm³/mol. The first-order valence-electron chi connectivity index (χ1n) is 5.26. The van der Waals surface area contributed by atoms with Crippen LogP contribution in [0.15, 0.2) is 53.7 Å². The number of aromatic nitrogens is 1. The molecular formula is C12H13N3O2S. The largest absolute Gasteiger partial charge is 0.399 e. The Morgan fingerprint density at radius 3 is 2.61 bits per heavy atom. The van der Waals surface area contributed by atoms with Crippen molar-refractivity contribution in [1.82, 2.24) is 4.98 Å². The third-order valence-electron chi connectivity index (χ3n) is 2.53. The number of hydrogen-bond acceptors (Lipinski definition) is 4. The molecule has 0 amide bonds. The van der Waals surface area contributed by atoms with Gasteiger partial charge in [-0.15, -0.1) is 0 Å². The van der Waals surface area contributed by atoms with E-state index in [1.165, 1.54) is 29.7 Å². The Kier molecular flexibility index (Phi) is 3.20. The fraction of sp³-hybridized carbons (Fsp3) is 0.0833. The first-order valence-corrected chi connectivity index (χ1v) is 6.70. The summed E-state index contributed by atoms with van der Waals surface area (Å²) in [5.41, 5.74) is 6.51. The van der Waals surface area contributed by atoms with Crippen molar-refractivity contribution in [2.45, 2.75) is 4.90 Å². The van der Waals surface area contributed by atoms with Gasteiger partial charge in [0.25, 0.3) is 10.0 Å². The predicted octanol–water partition coefficient (Wildman–Crippen LogP) is 1.49. The lowest BCUT2D eigenvalue weighted by molar-refractivity contribution is 0.594. The van der Waals surface area contributed by atoms with Crippen molar-refractivity contribution in [3.8, 4) is 0 Å². The van der Waals surface area contributed by atoms with Gasteiger partial charge in [-0.1, -0.05) is 6.07 Å². The Labute approximate surface area is 106 Å². The van der Waals surface area contributed by atoms with Crippen LogP contribution in [0.25, 0.3) is 0 Å². The molecule has 6 heteroatoms. The van der Waals surface area contributed by atoms with E-state index in [-0.39, 0.29) is 4.90 Å². The minimum atomic E-state index is -3.60. The van der Waals surface area contributed by atoms with E-state index < -0.39 is 10.0 Å². The van der Waals surface area contributed by atoms with Crippen molar-refractivity contribution in [1.29, 1.82) is 0 Å². The number of anilines is 2. The van der Waals surface area contributed by atoms with E-state index >= 15 is 0 Å². The maximum Gasteiger partial charge on any atom is 0.264 e. The van der Waals surface area contributed by atoms with Crippen LogP contribution in [0.3, 0.4) is 0 Å². The van der Waals surface area contributed by atoms with E-state index in [0.29, 0.717) is 11.4 Å². The molecule has 0 bridgehead atoms. The first-order chi connectivity index (χ1) is 8.51. The molecule has 0 aliphatic heterocycles. The molecule has 0 saturated carbocycles. The maximum atomic E-state index is 12.3. The van der Waals surface area contributed by atoms with Crippen molar-refractivity contribution in [2.75, 3.05) is 17.1 Å². The van der Waals surface area contributed by atoms with Gasteiger partial charge in [-0.3, -0.25) is 9.29 Å². The van der Waals surface area contributed by atoms with Crippen LogP contribution in [-0.2, 0) is 10.0 Å². The van der Waals surface area contributed by atoms with E-state index in [0.717, 1.165) is 0 Å². The number of rotatable bonds is 3. The van der Waals surface area contributed by atoms with Crippen molar-refractivity contribution in [3.05, 3.63) is 48.8 Å². The molecule has 1 heterocycles. The third-order valence-corrected chi connectivity index (χ3v) is 4.31. The van der Waals surface area contributed by atoms with Gasteiger partial charge in [0, 0.05) is 18.9 Å². The van der Waals surface area contributed by atoms with Crippen LogP contribution in [0.2, 0.25) is 0 Å². The Balaban J connectivity index is 2.44. The summed E-state index contributed by atoms with van der Waals surface area (Å²) in [7, 11) is -2.12.